The quantitative estimate of drug-likeness (QED) is 0.120. The fourth-order valence-electron chi connectivity index (χ4n) is 4.17. The highest BCUT2D eigenvalue weighted by atomic mass is 35.5. The molecular formula is C31H22ClN3O4. The van der Waals surface area contributed by atoms with Gasteiger partial charge in [-0.2, -0.15) is 5.10 Å². The number of rotatable bonds is 7. The van der Waals surface area contributed by atoms with Gasteiger partial charge >= 0.3 is 5.97 Å². The van der Waals surface area contributed by atoms with Crippen molar-refractivity contribution in [3.05, 3.63) is 125 Å². The van der Waals surface area contributed by atoms with Crippen molar-refractivity contribution < 1.29 is 19.1 Å². The van der Waals surface area contributed by atoms with E-state index >= 15 is 0 Å². The summed E-state index contributed by atoms with van der Waals surface area (Å²) in [5.74, 6) is -1.25. The fourth-order valence-corrected chi connectivity index (χ4v) is 4.38. The van der Waals surface area contributed by atoms with Gasteiger partial charge in [-0.3, -0.25) is 9.59 Å². The van der Waals surface area contributed by atoms with E-state index in [-0.39, 0.29) is 28.8 Å². The summed E-state index contributed by atoms with van der Waals surface area (Å²) >= 11 is 6.15. The molecule has 0 fully saturated rings. The molecule has 0 unspecified atom stereocenters. The van der Waals surface area contributed by atoms with Crippen LogP contribution in [0.2, 0.25) is 5.02 Å². The molecule has 0 heterocycles. The molecule has 39 heavy (non-hydrogen) atoms. The highest BCUT2D eigenvalue weighted by Gasteiger charge is 2.16. The lowest BCUT2D eigenvalue weighted by molar-refractivity contribution is -0.120. The minimum absolute atomic E-state index is 0.227. The lowest BCUT2D eigenvalue weighted by atomic mass is 10.0. The third-order valence-corrected chi connectivity index (χ3v) is 6.38. The van der Waals surface area contributed by atoms with Crippen molar-refractivity contribution in [2.24, 2.45) is 5.10 Å². The van der Waals surface area contributed by atoms with Gasteiger partial charge in [0.2, 0.25) is 0 Å². The SMILES string of the molecule is O=C(CNC(=O)c1cccc2ccccc12)N/N=C/c1c(OC(=O)c2ccccc2Cl)ccc2ccccc12. The van der Waals surface area contributed by atoms with Crippen molar-refractivity contribution in [2.45, 2.75) is 0 Å². The number of carbonyl (C=O) groups is 3. The van der Waals surface area contributed by atoms with Gasteiger partial charge in [-0.05, 0) is 45.8 Å². The molecule has 0 saturated heterocycles. The molecule has 0 saturated carbocycles. The van der Waals surface area contributed by atoms with Crippen LogP contribution in [0.1, 0.15) is 26.3 Å². The van der Waals surface area contributed by atoms with E-state index in [2.05, 4.69) is 15.8 Å². The molecule has 192 valence electrons. The van der Waals surface area contributed by atoms with Crippen LogP contribution in [0.3, 0.4) is 0 Å². The van der Waals surface area contributed by atoms with Crippen molar-refractivity contribution in [3.63, 3.8) is 0 Å². The van der Waals surface area contributed by atoms with Gasteiger partial charge in [-0.25, -0.2) is 10.2 Å². The van der Waals surface area contributed by atoms with Crippen LogP contribution in [0.25, 0.3) is 21.5 Å². The molecule has 0 aliphatic carbocycles. The van der Waals surface area contributed by atoms with Crippen molar-refractivity contribution in [3.8, 4) is 5.75 Å². The predicted octanol–water partition coefficient (Wildman–Crippen LogP) is 5.75. The Bertz CT molecular complexity index is 1740. The van der Waals surface area contributed by atoms with Crippen molar-refractivity contribution in [1.82, 2.24) is 10.7 Å². The Hall–Kier alpha value is -5.01. The third-order valence-electron chi connectivity index (χ3n) is 6.05. The van der Waals surface area contributed by atoms with Crippen LogP contribution in [-0.4, -0.2) is 30.5 Å². The first-order valence-electron chi connectivity index (χ1n) is 12.1. The number of benzene rings is 5. The Morgan fingerprint density at radius 3 is 2.18 bits per heavy atom. The van der Waals surface area contributed by atoms with Crippen LogP contribution >= 0.6 is 11.6 Å². The number of esters is 1. The summed E-state index contributed by atoms with van der Waals surface area (Å²) in [6.07, 6.45) is 1.40. The van der Waals surface area contributed by atoms with E-state index < -0.39 is 11.9 Å². The number of fused-ring (bicyclic) bond motifs is 2. The van der Waals surface area contributed by atoms with Crippen LogP contribution in [-0.2, 0) is 4.79 Å². The fraction of sp³-hybridized carbons (Fsp3) is 0.0323. The first-order chi connectivity index (χ1) is 19.0. The Morgan fingerprint density at radius 2 is 1.38 bits per heavy atom. The summed E-state index contributed by atoms with van der Waals surface area (Å²) in [6.45, 7) is -0.275. The number of hydrogen-bond acceptors (Lipinski definition) is 5. The Labute approximate surface area is 229 Å². The van der Waals surface area contributed by atoms with E-state index in [1.807, 2.05) is 60.7 Å². The standard InChI is InChI=1S/C31H22ClN3O4/c32-27-15-6-5-13-25(27)31(38)39-28-17-16-21-9-2-4-12-23(21)26(28)18-34-35-29(36)19-33-30(37)24-14-7-10-20-8-1-3-11-22(20)24/h1-18H,19H2,(H,33,37)(H,35,36)/b34-18+. The second-order valence-corrected chi connectivity index (χ2v) is 8.98. The van der Waals surface area contributed by atoms with Gasteiger partial charge in [0.1, 0.15) is 5.75 Å². The van der Waals surface area contributed by atoms with E-state index in [0.717, 1.165) is 21.5 Å². The zero-order valence-electron chi connectivity index (χ0n) is 20.6. The maximum atomic E-state index is 12.8. The molecule has 0 bridgehead atoms. The average molecular weight is 536 g/mol. The Morgan fingerprint density at radius 1 is 0.744 bits per heavy atom. The Balaban J connectivity index is 1.30. The molecule has 5 aromatic carbocycles. The van der Waals surface area contributed by atoms with Gasteiger partial charge in [-0.1, -0.05) is 90.5 Å². The Kier molecular flexibility index (Phi) is 7.61. The van der Waals surface area contributed by atoms with E-state index in [9.17, 15) is 14.4 Å². The second-order valence-electron chi connectivity index (χ2n) is 8.57. The van der Waals surface area contributed by atoms with Crippen LogP contribution < -0.4 is 15.5 Å². The van der Waals surface area contributed by atoms with E-state index in [1.54, 1.807) is 42.5 Å². The molecule has 2 amide bonds. The maximum Gasteiger partial charge on any atom is 0.345 e. The molecule has 5 aromatic rings. The number of hydrazone groups is 1. The van der Waals surface area contributed by atoms with Gasteiger partial charge in [0.25, 0.3) is 11.8 Å². The number of amides is 2. The van der Waals surface area contributed by atoms with Gasteiger partial charge in [0, 0.05) is 11.1 Å². The topological polar surface area (TPSA) is 96.9 Å². The normalized spacial score (nSPS) is 11.0. The molecule has 2 N–H and O–H groups in total. The monoisotopic (exact) mass is 535 g/mol. The molecule has 8 heteroatoms. The predicted molar refractivity (Wildman–Crippen MR) is 152 cm³/mol. The van der Waals surface area contributed by atoms with Crippen molar-refractivity contribution in [1.29, 1.82) is 0 Å². The largest absolute Gasteiger partial charge is 0.422 e. The average Bonchev–Trinajstić information content (AvgIpc) is 2.96. The van der Waals surface area contributed by atoms with Gasteiger partial charge in [0.05, 0.1) is 23.3 Å². The lowest BCUT2D eigenvalue weighted by Gasteiger charge is -2.11. The number of nitrogens with one attached hydrogen (secondary N) is 2. The summed E-state index contributed by atoms with van der Waals surface area (Å²) in [6, 6.07) is 30.5. The minimum Gasteiger partial charge on any atom is -0.422 e. The maximum absolute atomic E-state index is 12.8. The molecule has 0 atom stereocenters. The molecule has 0 aliphatic rings. The highest BCUT2D eigenvalue weighted by molar-refractivity contribution is 6.33. The zero-order valence-corrected chi connectivity index (χ0v) is 21.3. The molecule has 0 aromatic heterocycles. The van der Waals surface area contributed by atoms with E-state index in [1.165, 1.54) is 6.21 Å². The van der Waals surface area contributed by atoms with E-state index in [4.69, 9.17) is 16.3 Å². The molecular weight excluding hydrogens is 514 g/mol. The van der Waals surface area contributed by atoms with E-state index in [0.29, 0.717) is 11.1 Å². The zero-order chi connectivity index (χ0) is 27.2. The van der Waals surface area contributed by atoms with Crippen molar-refractivity contribution >= 4 is 57.1 Å². The summed E-state index contributed by atoms with van der Waals surface area (Å²) in [5, 5.41) is 10.3. The second kappa shape index (κ2) is 11.6. The molecule has 7 nitrogen and oxygen atoms in total. The van der Waals surface area contributed by atoms with Crippen LogP contribution in [0.15, 0.2) is 108 Å². The summed E-state index contributed by atoms with van der Waals surface area (Å²) < 4.78 is 5.66. The van der Waals surface area contributed by atoms with Crippen molar-refractivity contribution in [2.75, 3.05) is 6.54 Å². The molecule has 0 aliphatic heterocycles. The number of halogens is 1. The number of carbonyl (C=O) groups excluding carboxylic acids is 3. The smallest absolute Gasteiger partial charge is 0.345 e. The number of hydrogen-bond donors (Lipinski definition) is 2. The number of ether oxygens (including phenoxy) is 1. The minimum atomic E-state index is -0.620. The van der Waals surface area contributed by atoms with Gasteiger partial charge in [-0.15, -0.1) is 0 Å². The molecule has 5 rings (SSSR count). The number of nitrogens with zero attached hydrogens (tertiary/aromatic N) is 1. The van der Waals surface area contributed by atoms with Gasteiger partial charge < -0.3 is 10.1 Å². The highest BCUT2D eigenvalue weighted by Crippen LogP contribution is 2.28. The van der Waals surface area contributed by atoms with Crippen LogP contribution in [0, 0.1) is 0 Å². The molecule has 0 radical (unpaired) electrons. The first-order valence-corrected chi connectivity index (χ1v) is 12.5. The van der Waals surface area contributed by atoms with Crippen LogP contribution in [0.5, 0.6) is 5.75 Å². The molecule has 0 spiro atoms. The van der Waals surface area contributed by atoms with Gasteiger partial charge in [0.15, 0.2) is 0 Å². The third kappa shape index (κ3) is 5.79. The van der Waals surface area contributed by atoms with Crippen LogP contribution in [0.4, 0.5) is 0 Å². The first kappa shape index (κ1) is 25.6. The summed E-state index contributed by atoms with van der Waals surface area (Å²) in [5.41, 5.74) is 3.61. The summed E-state index contributed by atoms with van der Waals surface area (Å²) in [7, 11) is 0. The lowest BCUT2D eigenvalue weighted by Crippen LogP contribution is -2.35. The summed E-state index contributed by atoms with van der Waals surface area (Å²) in [4.78, 5) is 37.9.